The lowest BCUT2D eigenvalue weighted by Crippen LogP contribution is -2.36. The summed E-state index contributed by atoms with van der Waals surface area (Å²) in [6.07, 6.45) is -4.50. The van der Waals surface area contributed by atoms with Gasteiger partial charge in [-0.1, -0.05) is 0 Å². The predicted octanol–water partition coefficient (Wildman–Crippen LogP) is 4.89. The van der Waals surface area contributed by atoms with Crippen LogP contribution in [-0.4, -0.2) is 37.2 Å². The Morgan fingerprint density at radius 3 is 2.53 bits per heavy atom. The van der Waals surface area contributed by atoms with Crippen LogP contribution in [0.4, 0.5) is 24.5 Å². The number of morpholine rings is 1. The molecule has 0 aliphatic carbocycles. The highest BCUT2D eigenvalue weighted by molar-refractivity contribution is 6.08. The normalized spacial score (nSPS) is 14.9. The van der Waals surface area contributed by atoms with Crippen molar-refractivity contribution in [3.05, 3.63) is 58.8 Å². The van der Waals surface area contributed by atoms with E-state index in [2.05, 4.69) is 10.3 Å². The lowest BCUT2D eigenvalue weighted by atomic mass is 10.1. The SMILES string of the molecule is Cc1[nH]c2ccc(C(=O)Nc3cc(C(F)(F)F)ccc3N3CCOCC3)cc2c1C. The maximum atomic E-state index is 13.3. The summed E-state index contributed by atoms with van der Waals surface area (Å²) in [5.74, 6) is -0.455. The quantitative estimate of drug-likeness (QED) is 0.638. The molecule has 2 heterocycles. The topological polar surface area (TPSA) is 57.4 Å². The molecule has 1 amide bonds. The molecular formula is C22H22F3N3O2. The van der Waals surface area contributed by atoms with Crippen LogP contribution in [-0.2, 0) is 10.9 Å². The lowest BCUT2D eigenvalue weighted by molar-refractivity contribution is -0.137. The first kappa shape index (κ1) is 20.3. The van der Waals surface area contributed by atoms with Crippen LogP contribution >= 0.6 is 0 Å². The number of nitrogens with one attached hydrogen (secondary N) is 2. The van der Waals surface area contributed by atoms with E-state index in [1.807, 2.05) is 18.7 Å². The van der Waals surface area contributed by atoms with Gasteiger partial charge in [0.2, 0.25) is 0 Å². The molecule has 1 aliphatic heterocycles. The molecule has 0 saturated carbocycles. The Hall–Kier alpha value is -3.00. The van der Waals surface area contributed by atoms with Crippen molar-refractivity contribution < 1.29 is 22.7 Å². The van der Waals surface area contributed by atoms with Crippen molar-refractivity contribution in [2.45, 2.75) is 20.0 Å². The molecule has 158 valence electrons. The third kappa shape index (κ3) is 3.87. The monoisotopic (exact) mass is 417 g/mol. The maximum Gasteiger partial charge on any atom is 0.416 e. The number of hydrogen-bond donors (Lipinski definition) is 2. The van der Waals surface area contributed by atoms with E-state index < -0.39 is 17.6 Å². The van der Waals surface area contributed by atoms with Gasteiger partial charge in [0, 0.05) is 35.2 Å². The van der Waals surface area contributed by atoms with Gasteiger partial charge in [-0.2, -0.15) is 13.2 Å². The number of nitrogens with zero attached hydrogens (tertiary/aromatic N) is 1. The summed E-state index contributed by atoms with van der Waals surface area (Å²) in [5, 5.41) is 3.61. The minimum Gasteiger partial charge on any atom is -0.378 e. The molecule has 2 aromatic carbocycles. The van der Waals surface area contributed by atoms with E-state index in [1.54, 1.807) is 18.2 Å². The van der Waals surface area contributed by atoms with E-state index in [-0.39, 0.29) is 5.69 Å². The van der Waals surface area contributed by atoms with Gasteiger partial charge in [0.05, 0.1) is 30.2 Å². The zero-order chi connectivity index (χ0) is 21.5. The van der Waals surface area contributed by atoms with E-state index in [4.69, 9.17) is 4.74 Å². The lowest BCUT2D eigenvalue weighted by Gasteiger charge is -2.31. The summed E-state index contributed by atoms with van der Waals surface area (Å²) < 4.78 is 45.2. The number of ether oxygens (including phenoxy) is 1. The molecule has 1 saturated heterocycles. The molecule has 4 rings (SSSR count). The van der Waals surface area contributed by atoms with Crippen molar-refractivity contribution in [2.24, 2.45) is 0 Å². The first-order valence-electron chi connectivity index (χ1n) is 9.68. The van der Waals surface area contributed by atoms with Gasteiger partial charge in [-0.15, -0.1) is 0 Å². The zero-order valence-electron chi connectivity index (χ0n) is 16.7. The van der Waals surface area contributed by atoms with Crippen LogP contribution in [0.2, 0.25) is 0 Å². The summed E-state index contributed by atoms with van der Waals surface area (Å²) in [7, 11) is 0. The Labute approximate surface area is 171 Å². The number of rotatable bonds is 3. The van der Waals surface area contributed by atoms with E-state index in [0.29, 0.717) is 37.6 Å². The minimum absolute atomic E-state index is 0.138. The number of aromatic nitrogens is 1. The predicted molar refractivity (Wildman–Crippen MR) is 110 cm³/mol. The number of H-pyrrole nitrogens is 1. The number of aromatic amines is 1. The van der Waals surface area contributed by atoms with Crippen molar-refractivity contribution in [1.29, 1.82) is 0 Å². The maximum absolute atomic E-state index is 13.3. The molecular weight excluding hydrogens is 395 g/mol. The first-order chi connectivity index (χ1) is 14.2. The highest BCUT2D eigenvalue weighted by Gasteiger charge is 2.32. The number of hydrogen-bond acceptors (Lipinski definition) is 3. The second-order valence-electron chi connectivity index (χ2n) is 7.42. The van der Waals surface area contributed by atoms with Gasteiger partial charge in [0.1, 0.15) is 0 Å². The standard InChI is InChI=1S/C22H22F3N3O2/c1-13-14(2)26-18-5-3-15(11-17(13)18)21(29)27-19-12-16(22(23,24)25)4-6-20(19)28-7-9-30-10-8-28/h3-6,11-12,26H,7-10H2,1-2H3,(H,27,29). The summed E-state index contributed by atoms with van der Waals surface area (Å²) in [5.41, 5.74) is 3.22. The Morgan fingerprint density at radius 2 is 1.83 bits per heavy atom. The van der Waals surface area contributed by atoms with Crippen molar-refractivity contribution in [3.8, 4) is 0 Å². The zero-order valence-corrected chi connectivity index (χ0v) is 16.7. The molecule has 1 aromatic heterocycles. The number of alkyl halides is 3. The van der Waals surface area contributed by atoms with Gasteiger partial charge in [0.15, 0.2) is 0 Å². The molecule has 5 nitrogen and oxygen atoms in total. The molecule has 1 fully saturated rings. The molecule has 2 N–H and O–H groups in total. The molecule has 0 atom stereocenters. The number of benzene rings is 2. The van der Waals surface area contributed by atoms with Crippen molar-refractivity contribution in [1.82, 2.24) is 4.98 Å². The number of amides is 1. The van der Waals surface area contributed by atoms with Crippen LogP contribution in [0.25, 0.3) is 10.9 Å². The van der Waals surface area contributed by atoms with Crippen LogP contribution in [0.3, 0.4) is 0 Å². The second kappa shape index (κ2) is 7.68. The van der Waals surface area contributed by atoms with E-state index >= 15 is 0 Å². The molecule has 0 bridgehead atoms. The Kier molecular flexibility index (Phi) is 5.19. The molecule has 8 heteroatoms. The fourth-order valence-electron chi connectivity index (χ4n) is 3.69. The average molecular weight is 417 g/mol. The molecule has 1 aliphatic rings. The summed E-state index contributed by atoms with van der Waals surface area (Å²) >= 11 is 0. The van der Waals surface area contributed by atoms with Crippen LogP contribution in [0.1, 0.15) is 27.2 Å². The van der Waals surface area contributed by atoms with Crippen molar-refractivity contribution >= 4 is 28.2 Å². The number of carbonyl (C=O) groups is 1. The largest absolute Gasteiger partial charge is 0.416 e. The van der Waals surface area contributed by atoms with Crippen LogP contribution in [0, 0.1) is 13.8 Å². The summed E-state index contributed by atoms with van der Waals surface area (Å²) in [6.45, 7) is 5.96. The Morgan fingerprint density at radius 1 is 1.10 bits per heavy atom. The van der Waals surface area contributed by atoms with Gasteiger partial charge in [0.25, 0.3) is 5.91 Å². The smallest absolute Gasteiger partial charge is 0.378 e. The van der Waals surface area contributed by atoms with Gasteiger partial charge < -0.3 is 19.9 Å². The van der Waals surface area contributed by atoms with Gasteiger partial charge in [-0.25, -0.2) is 0 Å². The molecule has 0 unspecified atom stereocenters. The van der Waals surface area contributed by atoms with Crippen LogP contribution in [0.5, 0.6) is 0 Å². The summed E-state index contributed by atoms with van der Waals surface area (Å²) in [4.78, 5) is 18.1. The molecule has 0 radical (unpaired) electrons. The number of anilines is 2. The Balaban J connectivity index is 1.69. The van der Waals surface area contributed by atoms with E-state index in [1.165, 1.54) is 6.07 Å². The fraction of sp³-hybridized carbons (Fsp3) is 0.318. The van der Waals surface area contributed by atoms with Crippen LogP contribution < -0.4 is 10.2 Å². The number of fused-ring (bicyclic) bond motifs is 1. The van der Waals surface area contributed by atoms with Crippen molar-refractivity contribution in [2.75, 3.05) is 36.5 Å². The summed E-state index contributed by atoms with van der Waals surface area (Å²) in [6, 6.07) is 8.66. The average Bonchev–Trinajstić information content (AvgIpc) is 3.01. The fourth-order valence-corrected chi connectivity index (χ4v) is 3.69. The Bertz CT molecular complexity index is 1100. The van der Waals surface area contributed by atoms with E-state index in [9.17, 15) is 18.0 Å². The first-order valence-corrected chi connectivity index (χ1v) is 9.68. The third-order valence-corrected chi connectivity index (χ3v) is 5.49. The molecule has 30 heavy (non-hydrogen) atoms. The molecule has 0 spiro atoms. The number of halogens is 3. The number of carbonyl (C=O) groups excluding carboxylic acids is 1. The third-order valence-electron chi connectivity index (χ3n) is 5.49. The molecule has 3 aromatic rings. The van der Waals surface area contributed by atoms with Crippen LogP contribution in [0.15, 0.2) is 36.4 Å². The minimum atomic E-state index is -4.50. The second-order valence-corrected chi connectivity index (χ2v) is 7.42. The van der Waals surface area contributed by atoms with Gasteiger partial charge in [-0.05, 0) is 55.8 Å². The van der Waals surface area contributed by atoms with Gasteiger partial charge in [-0.3, -0.25) is 4.79 Å². The highest BCUT2D eigenvalue weighted by atomic mass is 19.4. The van der Waals surface area contributed by atoms with Crippen molar-refractivity contribution in [3.63, 3.8) is 0 Å². The van der Waals surface area contributed by atoms with E-state index in [0.717, 1.165) is 34.3 Å². The highest BCUT2D eigenvalue weighted by Crippen LogP contribution is 2.36. The number of aryl methyl sites for hydroxylation is 2. The van der Waals surface area contributed by atoms with Gasteiger partial charge >= 0.3 is 6.18 Å².